The van der Waals surface area contributed by atoms with Crippen LogP contribution in [-0.2, 0) is 11.2 Å². The van der Waals surface area contributed by atoms with E-state index >= 15 is 0 Å². The molecule has 2 nitrogen and oxygen atoms in total. The van der Waals surface area contributed by atoms with Crippen molar-refractivity contribution in [1.29, 1.82) is 0 Å². The minimum Gasteiger partial charge on any atom is -0.486 e. The molecule has 92 valence electrons. The van der Waals surface area contributed by atoms with Gasteiger partial charge in [-0.05, 0) is 37.0 Å². The zero-order valence-electron chi connectivity index (χ0n) is 10.4. The predicted molar refractivity (Wildman–Crippen MR) is 68.3 cm³/mol. The van der Waals surface area contributed by atoms with Gasteiger partial charge < -0.3 is 4.74 Å². The summed E-state index contributed by atoms with van der Waals surface area (Å²) in [5.41, 5.74) is 1.25. The van der Waals surface area contributed by atoms with Crippen LogP contribution in [0.4, 0.5) is 0 Å². The van der Waals surface area contributed by atoms with Crippen molar-refractivity contribution in [2.24, 2.45) is 5.92 Å². The number of carbonyl (C=O) groups excluding carboxylic acids is 1. The second-order valence-electron chi connectivity index (χ2n) is 4.74. The summed E-state index contributed by atoms with van der Waals surface area (Å²) in [7, 11) is 0. The van der Waals surface area contributed by atoms with E-state index < -0.39 is 0 Å². The summed E-state index contributed by atoms with van der Waals surface area (Å²) in [6.07, 6.45) is 5.49. The van der Waals surface area contributed by atoms with Crippen LogP contribution in [-0.4, -0.2) is 12.4 Å². The molecule has 0 amide bonds. The van der Waals surface area contributed by atoms with Crippen molar-refractivity contribution in [3.05, 3.63) is 29.8 Å². The third-order valence-corrected chi connectivity index (χ3v) is 3.50. The molecule has 0 spiro atoms. The van der Waals surface area contributed by atoms with Crippen LogP contribution in [0.2, 0.25) is 0 Å². The van der Waals surface area contributed by atoms with E-state index in [0.29, 0.717) is 0 Å². The van der Waals surface area contributed by atoms with Crippen molar-refractivity contribution < 1.29 is 9.53 Å². The van der Waals surface area contributed by atoms with E-state index in [1.165, 1.54) is 18.4 Å². The van der Waals surface area contributed by atoms with E-state index in [-0.39, 0.29) is 18.3 Å². The summed E-state index contributed by atoms with van der Waals surface area (Å²) in [6.45, 7) is 2.35. The number of Topliss-reactive ketones (excluding diaryl/α,β-unsaturated/α-hetero) is 1. The number of aryl methyl sites for hydroxylation is 1. The van der Waals surface area contributed by atoms with Crippen molar-refractivity contribution in [3.63, 3.8) is 0 Å². The average molecular weight is 232 g/mol. The number of ether oxygens (including phenoxy) is 1. The predicted octanol–water partition coefficient (Wildman–Crippen LogP) is 3.39. The summed E-state index contributed by atoms with van der Waals surface area (Å²) in [6, 6.07) is 7.99. The van der Waals surface area contributed by atoms with Crippen molar-refractivity contribution in [1.82, 2.24) is 0 Å². The molecule has 1 aliphatic carbocycles. The topological polar surface area (TPSA) is 26.3 Å². The molecule has 0 unspecified atom stereocenters. The molecule has 0 N–H and O–H groups in total. The van der Waals surface area contributed by atoms with Crippen LogP contribution < -0.4 is 4.74 Å². The van der Waals surface area contributed by atoms with Gasteiger partial charge in [0, 0.05) is 5.92 Å². The Bertz CT molecular complexity index is 378. The van der Waals surface area contributed by atoms with Crippen molar-refractivity contribution in [3.8, 4) is 5.75 Å². The van der Waals surface area contributed by atoms with E-state index in [1.54, 1.807) is 0 Å². The molecule has 2 rings (SSSR count). The fourth-order valence-electron chi connectivity index (χ4n) is 2.38. The van der Waals surface area contributed by atoms with Gasteiger partial charge in [0.15, 0.2) is 5.78 Å². The molecule has 1 saturated carbocycles. The number of carbonyl (C=O) groups is 1. The van der Waals surface area contributed by atoms with E-state index in [9.17, 15) is 4.79 Å². The van der Waals surface area contributed by atoms with Crippen molar-refractivity contribution in [2.75, 3.05) is 6.61 Å². The molecule has 2 heteroatoms. The lowest BCUT2D eigenvalue weighted by Gasteiger charge is -2.10. The Balaban J connectivity index is 1.86. The van der Waals surface area contributed by atoms with Gasteiger partial charge in [0.25, 0.3) is 0 Å². The maximum atomic E-state index is 11.8. The Morgan fingerprint density at radius 3 is 2.82 bits per heavy atom. The van der Waals surface area contributed by atoms with Gasteiger partial charge in [0.2, 0.25) is 0 Å². The molecule has 1 aromatic rings. The Kier molecular flexibility index (Phi) is 4.18. The number of rotatable bonds is 5. The lowest BCUT2D eigenvalue weighted by molar-refractivity contribution is -0.124. The number of hydrogen-bond donors (Lipinski definition) is 0. The fraction of sp³-hybridized carbons (Fsp3) is 0.533. The highest BCUT2D eigenvalue weighted by atomic mass is 16.5. The average Bonchev–Trinajstić information content (AvgIpc) is 2.90. The van der Waals surface area contributed by atoms with Gasteiger partial charge in [-0.3, -0.25) is 4.79 Å². The third kappa shape index (κ3) is 3.32. The highest BCUT2D eigenvalue weighted by Crippen LogP contribution is 2.25. The van der Waals surface area contributed by atoms with E-state index in [0.717, 1.165) is 25.0 Å². The second-order valence-corrected chi connectivity index (χ2v) is 4.74. The lowest BCUT2D eigenvalue weighted by atomic mass is 10.0. The van der Waals surface area contributed by atoms with Crippen LogP contribution in [0.1, 0.15) is 38.2 Å². The first-order valence-electron chi connectivity index (χ1n) is 6.54. The monoisotopic (exact) mass is 232 g/mol. The standard InChI is InChI=1S/C15H20O2/c1-2-12-6-5-9-14(10-12)17-11-15(16)13-7-3-4-8-13/h5-6,9-10,13H,2-4,7-8,11H2,1H3. The molecule has 17 heavy (non-hydrogen) atoms. The SMILES string of the molecule is CCc1cccc(OCC(=O)C2CCCC2)c1. The maximum Gasteiger partial charge on any atom is 0.173 e. The first kappa shape index (κ1) is 12.2. The molecule has 0 heterocycles. The minimum absolute atomic E-state index is 0.234. The Morgan fingerprint density at radius 1 is 1.35 bits per heavy atom. The van der Waals surface area contributed by atoms with Gasteiger partial charge in [-0.25, -0.2) is 0 Å². The van der Waals surface area contributed by atoms with Crippen LogP contribution >= 0.6 is 0 Å². The van der Waals surface area contributed by atoms with Crippen LogP contribution in [0.3, 0.4) is 0 Å². The van der Waals surface area contributed by atoms with Crippen LogP contribution in [0, 0.1) is 5.92 Å². The van der Waals surface area contributed by atoms with E-state index in [1.807, 2.05) is 18.2 Å². The minimum atomic E-state index is 0.234. The van der Waals surface area contributed by atoms with Crippen molar-refractivity contribution >= 4 is 5.78 Å². The normalized spacial score (nSPS) is 16.1. The maximum absolute atomic E-state index is 11.8. The van der Waals surface area contributed by atoms with Crippen LogP contribution in [0.25, 0.3) is 0 Å². The highest BCUT2D eigenvalue weighted by molar-refractivity contribution is 5.82. The third-order valence-electron chi connectivity index (χ3n) is 3.50. The Morgan fingerprint density at radius 2 is 2.12 bits per heavy atom. The number of ketones is 1. The molecular weight excluding hydrogens is 212 g/mol. The zero-order chi connectivity index (χ0) is 12.1. The Hall–Kier alpha value is -1.31. The second kappa shape index (κ2) is 5.85. The number of benzene rings is 1. The molecule has 1 fully saturated rings. The molecule has 0 saturated heterocycles. The molecule has 0 atom stereocenters. The molecular formula is C15H20O2. The quantitative estimate of drug-likeness (QED) is 0.778. The smallest absolute Gasteiger partial charge is 0.173 e. The molecule has 0 radical (unpaired) electrons. The molecule has 0 bridgehead atoms. The summed E-state index contributed by atoms with van der Waals surface area (Å²) < 4.78 is 5.57. The van der Waals surface area contributed by atoms with Gasteiger partial charge in [0.05, 0.1) is 0 Å². The largest absolute Gasteiger partial charge is 0.486 e. The summed E-state index contributed by atoms with van der Waals surface area (Å²) in [4.78, 5) is 11.8. The van der Waals surface area contributed by atoms with Gasteiger partial charge in [-0.1, -0.05) is 31.9 Å². The number of hydrogen-bond acceptors (Lipinski definition) is 2. The van der Waals surface area contributed by atoms with Gasteiger partial charge in [-0.15, -0.1) is 0 Å². The van der Waals surface area contributed by atoms with Crippen LogP contribution in [0.15, 0.2) is 24.3 Å². The molecule has 1 aromatic carbocycles. The molecule has 1 aliphatic rings. The fourth-order valence-corrected chi connectivity index (χ4v) is 2.38. The van der Waals surface area contributed by atoms with Crippen LogP contribution in [0.5, 0.6) is 5.75 Å². The lowest BCUT2D eigenvalue weighted by Crippen LogP contribution is -2.19. The Labute approximate surface area is 103 Å². The van der Waals surface area contributed by atoms with Gasteiger partial charge in [0.1, 0.15) is 12.4 Å². The molecule has 0 aromatic heterocycles. The first-order chi connectivity index (χ1) is 8.29. The summed E-state index contributed by atoms with van der Waals surface area (Å²) in [5.74, 6) is 1.34. The zero-order valence-corrected chi connectivity index (χ0v) is 10.4. The van der Waals surface area contributed by atoms with E-state index in [2.05, 4.69) is 13.0 Å². The van der Waals surface area contributed by atoms with E-state index in [4.69, 9.17) is 4.74 Å². The highest BCUT2D eigenvalue weighted by Gasteiger charge is 2.22. The summed E-state index contributed by atoms with van der Waals surface area (Å²) >= 11 is 0. The van der Waals surface area contributed by atoms with Gasteiger partial charge >= 0.3 is 0 Å². The first-order valence-corrected chi connectivity index (χ1v) is 6.54. The summed E-state index contributed by atoms with van der Waals surface area (Å²) in [5, 5.41) is 0. The van der Waals surface area contributed by atoms with Gasteiger partial charge in [-0.2, -0.15) is 0 Å². The molecule has 0 aliphatic heterocycles. The van der Waals surface area contributed by atoms with Crippen molar-refractivity contribution in [2.45, 2.75) is 39.0 Å².